The van der Waals surface area contributed by atoms with Gasteiger partial charge in [-0.15, -0.1) is 5.10 Å². The summed E-state index contributed by atoms with van der Waals surface area (Å²) >= 11 is 0. The molecule has 1 aliphatic rings. The van der Waals surface area contributed by atoms with E-state index in [9.17, 15) is 18.8 Å². The topological polar surface area (TPSA) is 104 Å². The Balaban J connectivity index is 1.28. The molecule has 0 aliphatic carbocycles. The van der Waals surface area contributed by atoms with Gasteiger partial charge in [0.25, 0.3) is 11.5 Å². The molecule has 1 aromatic heterocycles. The van der Waals surface area contributed by atoms with Crippen molar-refractivity contribution in [3.63, 3.8) is 0 Å². The summed E-state index contributed by atoms with van der Waals surface area (Å²) in [6.07, 6.45) is 0.963. The minimum atomic E-state index is -0.671. The Morgan fingerprint density at radius 1 is 0.972 bits per heavy atom. The maximum Gasteiger partial charge on any atom is 0.272 e. The van der Waals surface area contributed by atoms with E-state index in [1.165, 1.54) is 12.1 Å². The van der Waals surface area contributed by atoms with Gasteiger partial charge >= 0.3 is 0 Å². The Hall–Kier alpha value is -4.53. The van der Waals surface area contributed by atoms with Gasteiger partial charge in [-0.25, -0.2) is 9.49 Å². The second-order valence-corrected chi connectivity index (χ2v) is 8.57. The predicted molar refractivity (Wildman–Crippen MR) is 133 cm³/mol. The van der Waals surface area contributed by atoms with E-state index in [1.807, 2.05) is 30.3 Å². The third-order valence-electron chi connectivity index (χ3n) is 6.24. The number of benzene rings is 3. The zero-order valence-electron chi connectivity index (χ0n) is 19.2. The average Bonchev–Trinajstić information content (AvgIpc) is 2.92. The molecule has 1 saturated heterocycles. The number of para-hydroxylation sites is 1. The summed E-state index contributed by atoms with van der Waals surface area (Å²) < 4.78 is 20.4. The van der Waals surface area contributed by atoms with Crippen LogP contribution in [0.2, 0.25) is 0 Å². The first-order valence-electron chi connectivity index (χ1n) is 11.6. The summed E-state index contributed by atoms with van der Waals surface area (Å²) in [5.41, 5.74) is 0.242. The number of hydrogen-bond donors (Lipinski definition) is 2. The number of halogens is 1. The largest absolute Gasteiger partial charge is 0.437 e. The van der Waals surface area contributed by atoms with Gasteiger partial charge in [-0.05, 0) is 55.3 Å². The van der Waals surface area contributed by atoms with Crippen LogP contribution in [0.25, 0.3) is 10.8 Å². The molecule has 36 heavy (non-hydrogen) atoms. The van der Waals surface area contributed by atoms with Gasteiger partial charge in [-0.2, -0.15) is 0 Å². The van der Waals surface area contributed by atoms with Crippen molar-refractivity contribution in [3.8, 4) is 11.6 Å². The highest BCUT2D eigenvalue weighted by atomic mass is 19.1. The van der Waals surface area contributed by atoms with Crippen LogP contribution in [0.3, 0.4) is 0 Å². The van der Waals surface area contributed by atoms with Crippen molar-refractivity contribution in [2.45, 2.75) is 12.8 Å². The van der Waals surface area contributed by atoms with Crippen LogP contribution < -0.4 is 15.6 Å². The number of likely N-dealkylation sites (tertiary alicyclic amines) is 1. The molecule has 9 heteroatoms. The molecule has 1 aliphatic heterocycles. The lowest BCUT2D eigenvalue weighted by molar-refractivity contribution is -0.121. The molecular weight excluding hydrogens is 463 g/mol. The van der Waals surface area contributed by atoms with E-state index in [4.69, 9.17) is 4.74 Å². The quantitative estimate of drug-likeness (QED) is 0.437. The first kappa shape index (κ1) is 23.2. The molecule has 8 nitrogen and oxygen atoms in total. The number of aromatic nitrogens is 2. The van der Waals surface area contributed by atoms with Crippen molar-refractivity contribution in [3.05, 3.63) is 94.5 Å². The highest BCUT2D eigenvalue weighted by Gasteiger charge is 2.29. The smallest absolute Gasteiger partial charge is 0.272 e. The molecule has 0 spiro atoms. The van der Waals surface area contributed by atoms with Crippen molar-refractivity contribution in [2.24, 2.45) is 5.92 Å². The molecule has 3 aromatic carbocycles. The number of piperidine rings is 1. The van der Waals surface area contributed by atoms with E-state index in [1.54, 1.807) is 29.2 Å². The van der Waals surface area contributed by atoms with Crippen LogP contribution in [0.5, 0.6) is 11.6 Å². The van der Waals surface area contributed by atoms with Crippen LogP contribution >= 0.6 is 0 Å². The van der Waals surface area contributed by atoms with E-state index >= 15 is 0 Å². The molecule has 1 fully saturated rings. The summed E-state index contributed by atoms with van der Waals surface area (Å²) in [6.45, 7) is 0.671. The lowest BCUT2D eigenvalue weighted by Gasteiger charge is -2.31. The van der Waals surface area contributed by atoms with Gasteiger partial charge in [0.05, 0.1) is 16.3 Å². The number of hydrogen-bond acceptors (Lipinski definition) is 5. The molecule has 0 radical (unpaired) electrons. The first-order valence-corrected chi connectivity index (χ1v) is 11.6. The second-order valence-electron chi connectivity index (χ2n) is 8.57. The van der Waals surface area contributed by atoms with Crippen LogP contribution in [0.15, 0.2) is 77.6 Å². The van der Waals surface area contributed by atoms with Crippen LogP contribution in [0, 0.1) is 11.7 Å². The summed E-state index contributed by atoms with van der Waals surface area (Å²) in [7, 11) is 0. The number of aromatic amines is 1. The van der Waals surface area contributed by atoms with Crippen molar-refractivity contribution in [1.29, 1.82) is 0 Å². The molecule has 4 aromatic rings. The first-order chi connectivity index (χ1) is 17.5. The summed E-state index contributed by atoms with van der Waals surface area (Å²) in [5, 5.41) is 10.1. The van der Waals surface area contributed by atoms with Crippen molar-refractivity contribution < 1.29 is 18.7 Å². The van der Waals surface area contributed by atoms with E-state index in [2.05, 4.69) is 15.5 Å². The fraction of sp³-hybridized carbons (Fsp3) is 0.185. The maximum absolute atomic E-state index is 14.6. The van der Waals surface area contributed by atoms with E-state index in [0.29, 0.717) is 36.7 Å². The number of nitrogens with zero attached hydrogens (tertiary/aromatic N) is 2. The highest BCUT2D eigenvalue weighted by molar-refractivity contribution is 5.96. The minimum Gasteiger partial charge on any atom is -0.437 e. The van der Waals surface area contributed by atoms with Crippen molar-refractivity contribution >= 4 is 28.3 Å². The van der Waals surface area contributed by atoms with E-state index in [-0.39, 0.29) is 34.6 Å². The highest BCUT2D eigenvalue weighted by Crippen LogP contribution is 2.28. The van der Waals surface area contributed by atoms with Gasteiger partial charge in [0, 0.05) is 24.7 Å². The molecule has 2 heterocycles. The molecule has 0 unspecified atom stereocenters. The number of carbonyl (C=O) groups excluding carboxylic acids is 2. The Morgan fingerprint density at radius 3 is 2.42 bits per heavy atom. The molecular formula is C27H23FN4O4. The van der Waals surface area contributed by atoms with Gasteiger partial charge in [0.15, 0.2) is 0 Å². The minimum absolute atomic E-state index is 0.0875. The Morgan fingerprint density at radius 2 is 1.67 bits per heavy atom. The molecule has 2 amide bonds. The predicted octanol–water partition coefficient (Wildman–Crippen LogP) is 4.35. The lowest BCUT2D eigenvalue weighted by atomic mass is 9.95. The maximum atomic E-state index is 14.6. The average molecular weight is 487 g/mol. The molecule has 0 atom stereocenters. The van der Waals surface area contributed by atoms with E-state index < -0.39 is 11.7 Å². The number of rotatable bonds is 5. The summed E-state index contributed by atoms with van der Waals surface area (Å²) in [4.78, 5) is 39.2. The molecule has 0 saturated carbocycles. The SMILES string of the molecule is O=C(Nc1ccccc1)C1CCN(C(=O)c2cc(Oc3n[nH]c(=O)c4ccccc34)ccc2F)CC1. The van der Waals surface area contributed by atoms with Crippen LogP contribution in [0.4, 0.5) is 10.1 Å². The number of amides is 2. The van der Waals surface area contributed by atoms with Crippen LogP contribution in [-0.2, 0) is 4.79 Å². The second kappa shape index (κ2) is 9.99. The number of carbonyl (C=O) groups is 2. The van der Waals surface area contributed by atoms with E-state index in [0.717, 1.165) is 11.8 Å². The zero-order chi connectivity index (χ0) is 25.1. The lowest BCUT2D eigenvalue weighted by Crippen LogP contribution is -2.41. The molecule has 5 rings (SSSR count). The standard InChI is InChI=1S/C27H23FN4O4/c28-23-11-10-19(36-26-21-9-5-4-8-20(21)25(34)30-31-26)16-22(23)27(35)32-14-12-17(13-15-32)24(33)29-18-6-2-1-3-7-18/h1-11,16-17H,12-15H2,(H,29,33)(H,30,34). The van der Waals surface area contributed by atoms with Crippen LogP contribution in [0.1, 0.15) is 23.2 Å². The number of anilines is 1. The monoisotopic (exact) mass is 486 g/mol. The molecule has 2 N–H and O–H groups in total. The van der Waals surface area contributed by atoms with Crippen LogP contribution in [-0.4, -0.2) is 40.0 Å². The number of fused-ring (bicyclic) bond motifs is 1. The van der Waals surface area contributed by atoms with Crippen molar-refractivity contribution in [1.82, 2.24) is 15.1 Å². The van der Waals surface area contributed by atoms with Gasteiger partial charge in [-0.3, -0.25) is 14.4 Å². The fourth-order valence-electron chi connectivity index (χ4n) is 4.29. The third kappa shape index (κ3) is 4.81. The van der Waals surface area contributed by atoms with Crippen molar-refractivity contribution in [2.75, 3.05) is 18.4 Å². The zero-order valence-corrected chi connectivity index (χ0v) is 19.2. The van der Waals surface area contributed by atoms with Gasteiger partial charge in [-0.1, -0.05) is 30.3 Å². The summed E-state index contributed by atoms with van der Waals surface area (Å²) in [6, 6.07) is 19.9. The third-order valence-corrected chi connectivity index (χ3v) is 6.24. The Kier molecular flexibility index (Phi) is 6.44. The number of nitrogens with one attached hydrogen (secondary N) is 2. The van der Waals surface area contributed by atoms with Gasteiger partial charge in [0.2, 0.25) is 11.8 Å². The van der Waals surface area contributed by atoms with Gasteiger partial charge in [0.1, 0.15) is 11.6 Å². The summed E-state index contributed by atoms with van der Waals surface area (Å²) in [5.74, 6) is -1.11. The normalized spacial score (nSPS) is 14.0. The Bertz CT molecular complexity index is 1480. The number of H-pyrrole nitrogens is 1. The fourth-order valence-corrected chi connectivity index (χ4v) is 4.29. The molecule has 182 valence electrons. The van der Waals surface area contributed by atoms with Gasteiger partial charge < -0.3 is 15.0 Å². The molecule has 0 bridgehead atoms. The number of ether oxygens (including phenoxy) is 1. The Labute approximate surface area is 205 Å².